The standard InChI is InChI=1S/C13H19FO2/c1-5-8(4)10-6-9(7(2)3)11(14)13(16)12(10)15/h6-8,15-16H,5H2,1-4H3. The Morgan fingerprint density at radius 2 is 1.69 bits per heavy atom. The lowest BCUT2D eigenvalue weighted by molar-refractivity contribution is 0.369. The lowest BCUT2D eigenvalue weighted by Crippen LogP contribution is -2.00. The number of hydrogen-bond donors (Lipinski definition) is 2. The number of phenolic OH excluding ortho intramolecular Hbond substituents is 2. The van der Waals surface area contributed by atoms with Crippen molar-refractivity contribution in [1.82, 2.24) is 0 Å². The molecule has 1 aromatic rings. The largest absolute Gasteiger partial charge is 0.504 e. The van der Waals surface area contributed by atoms with E-state index < -0.39 is 11.6 Å². The lowest BCUT2D eigenvalue weighted by atomic mass is 9.91. The topological polar surface area (TPSA) is 40.5 Å². The zero-order chi connectivity index (χ0) is 12.5. The molecule has 2 nitrogen and oxygen atoms in total. The van der Waals surface area contributed by atoms with Gasteiger partial charge in [0.05, 0.1) is 0 Å². The molecule has 16 heavy (non-hydrogen) atoms. The average Bonchev–Trinajstić information content (AvgIpc) is 2.25. The van der Waals surface area contributed by atoms with E-state index in [9.17, 15) is 14.6 Å². The van der Waals surface area contributed by atoms with Crippen LogP contribution in [0.4, 0.5) is 4.39 Å². The minimum absolute atomic E-state index is 0.0192. The first-order valence-corrected chi connectivity index (χ1v) is 5.64. The van der Waals surface area contributed by atoms with Crippen LogP contribution < -0.4 is 0 Å². The van der Waals surface area contributed by atoms with E-state index in [2.05, 4.69) is 0 Å². The molecule has 0 heterocycles. The predicted octanol–water partition coefficient (Wildman–Crippen LogP) is 3.87. The van der Waals surface area contributed by atoms with E-state index in [1.807, 2.05) is 27.7 Å². The first-order valence-electron chi connectivity index (χ1n) is 5.64. The first kappa shape index (κ1) is 12.8. The zero-order valence-electron chi connectivity index (χ0n) is 10.2. The van der Waals surface area contributed by atoms with Crippen molar-refractivity contribution in [2.75, 3.05) is 0 Å². The Morgan fingerprint density at radius 1 is 1.12 bits per heavy atom. The van der Waals surface area contributed by atoms with Crippen molar-refractivity contribution < 1.29 is 14.6 Å². The summed E-state index contributed by atoms with van der Waals surface area (Å²) >= 11 is 0. The highest BCUT2D eigenvalue weighted by Gasteiger charge is 2.21. The highest BCUT2D eigenvalue weighted by molar-refractivity contribution is 5.50. The molecule has 0 aromatic heterocycles. The number of halogens is 1. The molecule has 0 bridgehead atoms. The Hall–Kier alpha value is -1.25. The normalized spacial score (nSPS) is 13.1. The maximum Gasteiger partial charge on any atom is 0.194 e. The van der Waals surface area contributed by atoms with Crippen molar-refractivity contribution in [2.24, 2.45) is 0 Å². The molecule has 1 rings (SSSR count). The van der Waals surface area contributed by atoms with E-state index in [1.165, 1.54) is 0 Å². The summed E-state index contributed by atoms with van der Waals surface area (Å²) < 4.78 is 13.7. The molecule has 0 amide bonds. The summed E-state index contributed by atoms with van der Waals surface area (Å²) in [5.41, 5.74) is 1.07. The second-order valence-electron chi connectivity index (χ2n) is 4.53. The summed E-state index contributed by atoms with van der Waals surface area (Å²) in [6.45, 7) is 7.64. The van der Waals surface area contributed by atoms with Crippen molar-refractivity contribution in [1.29, 1.82) is 0 Å². The third-order valence-electron chi connectivity index (χ3n) is 3.04. The second kappa shape index (κ2) is 4.73. The van der Waals surface area contributed by atoms with Gasteiger partial charge in [-0.2, -0.15) is 0 Å². The Morgan fingerprint density at radius 3 is 2.12 bits per heavy atom. The van der Waals surface area contributed by atoms with Crippen LogP contribution in [0.3, 0.4) is 0 Å². The van der Waals surface area contributed by atoms with E-state index in [-0.39, 0.29) is 17.6 Å². The van der Waals surface area contributed by atoms with Gasteiger partial charge in [0.2, 0.25) is 0 Å². The van der Waals surface area contributed by atoms with Gasteiger partial charge in [-0.1, -0.05) is 27.7 Å². The first-order chi connectivity index (χ1) is 7.40. The van der Waals surface area contributed by atoms with Gasteiger partial charge in [-0.25, -0.2) is 4.39 Å². The number of benzene rings is 1. The van der Waals surface area contributed by atoms with E-state index in [4.69, 9.17) is 0 Å². The number of phenols is 2. The maximum atomic E-state index is 13.7. The third kappa shape index (κ3) is 2.13. The van der Waals surface area contributed by atoms with E-state index in [0.29, 0.717) is 11.1 Å². The van der Waals surface area contributed by atoms with Crippen LogP contribution in [0.2, 0.25) is 0 Å². The lowest BCUT2D eigenvalue weighted by Gasteiger charge is -2.17. The summed E-state index contributed by atoms with van der Waals surface area (Å²) in [5, 5.41) is 19.2. The van der Waals surface area contributed by atoms with Crippen molar-refractivity contribution in [3.05, 3.63) is 23.0 Å². The smallest absolute Gasteiger partial charge is 0.194 e. The summed E-state index contributed by atoms with van der Waals surface area (Å²) in [6, 6.07) is 1.66. The Labute approximate surface area is 95.7 Å². The molecular weight excluding hydrogens is 207 g/mol. The molecule has 1 atom stereocenters. The van der Waals surface area contributed by atoms with Crippen molar-refractivity contribution in [3.63, 3.8) is 0 Å². The highest BCUT2D eigenvalue weighted by atomic mass is 19.1. The summed E-state index contributed by atoms with van der Waals surface area (Å²) in [6.07, 6.45) is 0.830. The van der Waals surface area contributed by atoms with Crippen LogP contribution in [0.5, 0.6) is 11.5 Å². The number of aromatic hydroxyl groups is 2. The van der Waals surface area contributed by atoms with Gasteiger partial charge in [-0.15, -0.1) is 0 Å². The van der Waals surface area contributed by atoms with Crippen LogP contribution in [0.1, 0.15) is 57.1 Å². The molecule has 2 N–H and O–H groups in total. The summed E-state index contributed by atoms with van der Waals surface area (Å²) in [7, 11) is 0. The van der Waals surface area contributed by atoms with Gasteiger partial charge >= 0.3 is 0 Å². The van der Waals surface area contributed by atoms with Gasteiger partial charge in [0, 0.05) is 5.56 Å². The number of hydrogen-bond acceptors (Lipinski definition) is 2. The molecule has 1 unspecified atom stereocenters. The minimum Gasteiger partial charge on any atom is -0.504 e. The van der Waals surface area contributed by atoms with Crippen LogP contribution in [0.15, 0.2) is 6.07 Å². The fourth-order valence-corrected chi connectivity index (χ4v) is 1.69. The number of rotatable bonds is 3. The molecule has 0 aliphatic rings. The van der Waals surface area contributed by atoms with Crippen molar-refractivity contribution in [2.45, 2.75) is 46.0 Å². The fraction of sp³-hybridized carbons (Fsp3) is 0.538. The Balaban J connectivity index is 3.41. The molecule has 0 aliphatic heterocycles. The summed E-state index contributed by atoms with van der Waals surface area (Å²) in [4.78, 5) is 0. The molecule has 0 spiro atoms. The SMILES string of the molecule is CCC(C)c1cc(C(C)C)c(F)c(O)c1O. The van der Waals surface area contributed by atoms with Gasteiger partial charge in [0.25, 0.3) is 0 Å². The van der Waals surface area contributed by atoms with Gasteiger partial charge in [-0.05, 0) is 29.9 Å². The van der Waals surface area contributed by atoms with E-state index in [1.54, 1.807) is 6.07 Å². The van der Waals surface area contributed by atoms with Crippen molar-refractivity contribution in [3.8, 4) is 11.5 Å². The van der Waals surface area contributed by atoms with Gasteiger partial charge in [-0.3, -0.25) is 0 Å². The molecular formula is C13H19FO2. The van der Waals surface area contributed by atoms with Gasteiger partial charge in [0.1, 0.15) is 0 Å². The minimum atomic E-state index is -0.709. The van der Waals surface area contributed by atoms with E-state index >= 15 is 0 Å². The highest BCUT2D eigenvalue weighted by Crippen LogP contribution is 2.40. The fourth-order valence-electron chi connectivity index (χ4n) is 1.69. The van der Waals surface area contributed by atoms with Crippen LogP contribution in [-0.4, -0.2) is 10.2 Å². The molecule has 0 radical (unpaired) electrons. The molecule has 0 saturated heterocycles. The molecule has 3 heteroatoms. The third-order valence-corrected chi connectivity index (χ3v) is 3.04. The Kier molecular flexibility index (Phi) is 3.79. The Bertz CT molecular complexity index is 386. The second-order valence-corrected chi connectivity index (χ2v) is 4.53. The van der Waals surface area contributed by atoms with Crippen LogP contribution in [-0.2, 0) is 0 Å². The molecule has 0 aliphatic carbocycles. The molecule has 1 aromatic carbocycles. The van der Waals surface area contributed by atoms with Crippen LogP contribution in [0, 0.1) is 5.82 Å². The van der Waals surface area contributed by atoms with Crippen LogP contribution >= 0.6 is 0 Å². The van der Waals surface area contributed by atoms with Gasteiger partial charge in [0.15, 0.2) is 17.3 Å². The quantitative estimate of drug-likeness (QED) is 0.768. The van der Waals surface area contributed by atoms with Crippen molar-refractivity contribution >= 4 is 0 Å². The zero-order valence-corrected chi connectivity index (χ0v) is 10.2. The molecule has 90 valence electrons. The summed E-state index contributed by atoms with van der Waals surface area (Å²) in [5.74, 6) is -1.57. The average molecular weight is 226 g/mol. The predicted molar refractivity (Wildman–Crippen MR) is 62.5 cm³/mol. The van der Waals surface area contributed by atoms with Crippen LogP contribution in [0.25, 0.3) is 0 Å². The molecule has 0 fully saturated rings. The van der Waals surface area contributed by atoms with E-state index in [0.717, 1.165) is 6.42 Å². The maximum absolute atomic E-state index is 13.7. The van der Waals surface area contributed by atoms with Gasteiger partial charge < -0.3 is 10.2 Å². The molecule has 0 saturated carbocycles. The monoisotopic (exact) mass is 226 g/mol.